The molecule has 0 heterocycles. The minimum absolute atomic E-state index is 0.321. The molecule has 0 bridgehead atoms. The molecule has 0 radical (unpaired) electrons. The van der Waals surface area contributed by atoms with E-state index in [-0.39, 0.29) is 5.56 Å². The number of carbonyl (C=O) groups excluding carboxylic acids is 1. The average Bonchev–Trinajstić information content (AvgIpc) is 2.29. The number of alkyl halides is 3. The van der Waals surface area contributed by atoms with Crippen LogP contribution in [0.3, 0.4) is 0 Å². The van der Waals surface area contributed by atoms with Crippen LogP contribution in [-0.4, -0.2) is 41.1 Å². The molecule has 1 N–H and O–H groups in total. The lowest BCUT2D eigenvalue weighted by Gasteiger charge is -2.26. The normalized spacial score (nSPS) is 12.2. The summed E-state index contributed by atoms with van der Waals surface area (Å²) in [5.41, 5.74) is -0.321. The summed E-state index contributed by atoms with van der Waals surface area (Å²) in [5, 5.41) is 9.46. The summed E-state index contributed by atoms with van der Waals surface area (Å²) in [4.78, 5) is 12.8. The molecular formula is C13H15F4NO2. The molecule has 0 amide bonds. The number of nitrogens with zero attached hydrogens (tertiary/aromatic N) is 1. The van der Waals surface area contributed by atoms with E-state index in [4.69, 9.17) is 0 Å². The largest absolute Gasteiger partial charge is 0.507 e. The van der Waals surface area contributed by atoms with Gasteiger partial charge in [-0.3, -0.25) is 9.69 Å². The van der Waals surface area contributed by atoms with Crippen molar-refractivity contribution in [3.63, 3.8) is 0 Å². The van der Waals surface area contributed by atoms with Gasteiger partial charge in [0.15, 0.2) is 5.78 Å². The Morgan fingerprint density at radius 2 is 1.95 bits per heavy atom. The lowest BCUT2D eigenvalue weighted by Crippen LogP contribution is -2.42. The SMILES string of the molecule is CC(C)N(CC(=O)c1cc(F)ccc1O)CC(F)(F)F. The number of Topliss-reactive ketones (excluding diaryl/α,β-unsaturated/α-hetero) is 1. The van der Waals surface area contributed by atoms with E-state index in [2.05, 4.69) is 0 Å². The molecular weight excluding hydrogens is 278 g/mol. The van der Waals surface area contributed by atoms with Gasteiger partial charge in [-0.15, -0.1) is 0 Å². The van der Waals surface area contributed by atoms with Gasteiger partial charge in [0.05, 0.1) is 18.7 Å². The number of rotatable bonds is 5. The Hall–Kier alpha value is -1.63. The molecule has 0 fully saturated rings. The minimum atomic E-state index is -4.44. The molecule has 1 aromatic rings. The summed E-state index contributed by atoms with van der Waals surface area (Å²) in [7, 11) is 0. The smallest absolute Gasteiger partial charge is 0.401 e. The number of aromatic hydroxyl groups is 1. The van der Waals surface area contributed by atoms with E-state index in [1.165, 1.54) is 13.8 Å². The van der Waals surface area contributed by atoms with Crippen LogP contribution in [0.25, 0.3) is 0 Å². The predicted octanol–water partition coefficient (Wildman–Crippen LogP) is 2.99. The molecule has 0 unspecified atom stereocenters. The van der Waals surface area contributed by atoms with Crippen molar-refractivity contribution in [3.8, 4) is 5.75 Å². The van der Waals surface area contributed by atoms with E-state index in [9.17, 15) is 27.5 Å². The first kappa shape index (κ1) is 16.4. The molecule has 3 nitrogen and oxygen atoms in total. The fourth-order valence-corrected chi connectivity index (χ4v) is 1.65. The van der Waals surface area contributed by atoms with Crippen LogP contribution in [0.15, 0.2) is 18.2 Å². The van der Waals surface area contributed by atoms with Crippen LogP contribution in [0.5, 0.6) is 5.75 Å². The van der Waals surface area contributed by atoms with Crippen molar-refractivity contribution < 1.29 is 27.5 Å². The molecule has 0 aromatic heterocycles. The lowest BCUT2D eigenvalue weighted by molar-refractivity contribution is -0.148. The molecule has 0 saturated heterocycles. The third-order valence-electron chi connectivity index (χ3n) is 2.72. The van der Waals surface area contributed by atoms with Gasteiger partial charge in [0.1, 0.15) is 11.6 Å². The molecule has 112 valence electrons. The minimum Gasteiger partial charge on any atom is -0.507 e. The zero-order chi connectivity index (χ0) is 15.5. The first-order valence-corrected chi connectivity index (χ1v) is 5.92. The van der Waals surface area contributed by atoms with E-state index < -0.39 is 42.7 Å². The van der Waals surface area contributed by atoms with Gasteiger partial charge in [-0.25, -0.2) is 4.39 Å². The summed E-state index contributed by atoms with van der Waals surface area (Å²) >= 11 is 0. The topological polar surface area (TPSA) is 40.5 Å². The third-order valence-corrected chi connectivity index (χ3v) is 2.72. The number of phenols is 1. The Bertz CT molecular complexity index is 486. The highest BCUT2D eigenvalue weighted by molar-refractivity contribution is 6.00. The van der Waals surface area contributed by atoms with Gasteiger partial charge in [-0.1, -0.05) is 0 Å². The van der Waals surface area contributed by atoms with E-state index >= 15 is 0 Å². The van der Waals surface area contributed by atoms with Crippen molar-refractivity contribution in [1.29, 1.82) is 0 Å². The molecule has 0 aliphatic carbocycles. The Kier molecular flexibility index (Phi) is 5.10. The number of hydrogen-bond acceptors (Lipinski definition) is 3. The van der Waals surface area contributed by atoms with E-state index in [1.807, 2.05) is 0 Å². The average molecular weight is 293 g/mol. The van der Waals surface area contributed by atoms with Crippen LogP contribution in [0.2, 0.25) is 0 Å². The number of hydrogen-bond donors (Lipinski definition) is 1. The number of benzene rings is 1. The van der Waals surface area contributed by atoms with Crippen molar-refractivity contribution in [2.75, 3.05) is 13.1 Å². The summed E-state index contributed by atoms with van der Waals surface area (Å²) in [6.07, 6.45) is -4.44. The molecule has 7 heteroatoms. The zero-order valence-electron chi connectivity index (χ0n) is 11.0. The summed E-state index contributed by atoms with van der Waals surface area (Å²) in [5.74, 6) is -1.95. The first-order valence-electron chi connectivity index (χ1n) is 5.92. The maximum atomic E-state index is 13.0. The summed E-state index contributed by atoms with van der Waals surface area (Å²) < 4.78 is 50.2. The number of phenolic OH excluding ortho intramolecular Hbond substituents is 1. The zero-order valence-corrected chi connectivity index (χ0v) is 11.0. The molecule has 0 aliphatic rings. The first-order chi connectivity index (χ1) is 9.10. The van der Waals surface area contributed by atoms with E-state index in [1.54, 1.807) is 0 Å². The molecule has 20 heavy (non-hydrogen) atoms. The number of ketones is 1. The molecule has 0 atom stereocenters. The van der Waals surface area contributed by atoms with Crippen molar-refractivity contribution in [1.82, 2.24) is 4.90 Å². The highest BCUT2D eigenvalue weighted by Gasteiger charge is 2.33. The van der Waals surface area contributed by atoms with Crippen LogP contribution in [0.1, 0.15) is 24.2 Å². The van der Waals surface area contributed by atoms with Crippen molar-refractivity contribution in [2.24, 2.45) is 0 Å². The van der Waals surface area contributed by atoms with Gasteiger partial charge in [0.25, 0.3) is 0 Å². The lowest BCUT2D eigenvalue weighted by atomic mass is 10.1. The van der Waals surface area contributed by atoms with E-state index in [0.29, 0.717) is 0 Å². The second-order valence-corrected chi connectivity index (χ2v) is 4.70. The highest BCUT2D eigenvalue weighted by atomic mass is 19.4. The Balaban J connectivity index is 2.88. The Labute approximate surface area is 113 Å². The van der Waals surface area contributed by atoms with Crippen molar-refractivity contribution >= 4 is 5.78 Å². The van der Waals surface area contributed by atoms with Crippen LogP contribution in [-0.2, 0) is 0 Å². The molecule has 1 rings (SSSR count). The number of carbonyl (C=O) groups is 1. The van der Waals surface area contributed by atoms with Crippen LogP contribution in [0.4, 0.5) is 17.6 Å². The van der Waals surface area contributed by atoms with Gasteiger partial charge in [0, 0.05) is 6.04 Å². The second-order valence-electron chi connectivity index (χ2n) is 4.70. The second kappa shape index (κ2) is 6.21. The van der Waals surface area contributed by atoms with Crippen molar-refractivity contribution in [2.45, 2.75) is 26.1 Å². The molecule has 1 aromatic carbocycles. The van der Waals surface area contributed by atoms with Gasteiger partial charge in [-0.2, -0.15) is 13.2 Å². The predicted molar refractivity (Wildman–Crippen MR) is 65.2 cm³/mol. The summed E-state index contributed by atoms with van der Waals surface area (Å²) in [6.45, 7) is 1.25. The monoisotopic (exact) mass is 293 g/mol. The third kappa shape index (κ3) is 4.80. The highest BCUT2D eigenvalue weighted by Crippen LogP contribution is 2.21. The van der Waals surface area contributed by atoms with Gasteiger partial charge >= 0.3 is 6.18 Å². The summed E-state index contributed by atoms with van der Waals surface area (Å²) in [6, 6.07) is 2.24. The van der Waals surface area contributed by atoms with Gasteiger partial charge < -0.3 is 5.11 Å². The Morgan fingerprint density at radius 3 is 2.45 bits per heavy atom. The van der Waals surface area contributed by atoms with Crippen LogP contribution in [0, 0.1) is 5.82 Å². The Morgan fingerprint density at radius 1 is 1.35 bits per heavy atom. The van der Waals surface area contributed by atoms with Gasteiger partial charge in [0.2, 0.25) is 0 Å². The molecule has 0 aliphatic heterocycles. The maximum absolute atomic E-state index is 13.0. The van der Waals surface area contributed by atoms with Crippen molar-refractivity contribution in [3.05, 3.63) is 29.6 Å². The molecule has 0 saturated carbocycles. The maximum Gasteiger partial charge on any atom is 0.401 e. The number of halogens is 4. The van der Waals surface area contributed by atoms with E-state index in [0.717, 1.165) is 23.1 Å². The molecule has 0 spiro atoms. The quantitative estimate of drug-likeness (QED) is 0.670. The van der Waals surface area contributed by atoms with Gasteiger partial charge in [-0.05, 0) is 32.0 Å². The van der Waals surface area contributed by atoms with Crippen LogP contribution < -0.4 is 0 Å². The standard InChI is InChI=1S/C13H15F4NO2/c1-8(2)18(7-13(15,16)17)6-12(20)10-5-9(14)3-4-11(10)19/h3-5,8,19H,6-7H2,1-2H3. The van der Waals surface area contributed by atoms with Crippen LogP contribution >= 0.6 is 0 Å². The fraction of sp³-hybridized carbons (Fsp3) is 0.462. The fourth-order valence-electron chi connectivity index (χ4n) is 1.65.